The lowest BCUT2D eigenvalue weighted by atomic mass is 9.84. The summed E-state index contributed by atoms with van der Waals surface area (Å²) in [7, 11) is 0. The lowest BCUT2D eigenvalue weighted by molar-refractivity contribution is -0.152. The Kier molecular flexibility index (Phi) is 8.12. The van der Waals surface area contributed by atoms with Crippen LogP contribution >= 0.6 is 0 Å². The van der Waals surface area contributed by atoms with Crippen LogP contribution in [0.25, 0.3) is 11.1 Å². The summed E-state index contributed by atoms with van der Waals surface area (Å²) in [5.74, 6) is -3.99. The third-order valence-corrected chi connectivity index (χ3v) is 6.90. The Morgan fingerprint density at radius 2 is 0.961 bits per heavy atom. The van der Waals surface area contributed by atoms with E-state index in [1.54, 1.807) is 12.1 Å². The van der Waals surface area contributed by atoms with Crippen molar-refractivity contribution in [2.45, 2.75) is 25.5 Å². The van der Waals surface area contributed by atoms with Crippen molar-refractivity contribution in [2.75, 3.05) is 0 Å². The van der Waals surface area contributed by atoms with Gasteiger partial charge in [-0.2, -0.15) is 71.1 Å². The molecule has 248 valence electrons. The minimum Gasteiger partial charge on any atom is -0.244 e. The normalized spacial score (nSPS) is 13.3. The van der Waals surface area contributed by atoms with Crippen molar-refractivity contribution < 1.29 is 39.5 Å². The fraction of sp³-hybridized carbons (Fsp3) is 0.133. The van der Waals surface area contributed by atoms with Gasteiger partial charge in [-0.1, -0.05) is 0 Å². The largest absolute Gasteiger partial charge is 0.451 e. The highest BCUT2D eigenvalue weighted by Gasteiger charge is 2.44. The van der Waals surface area contributed by atoms with Gasteiger partial charge in [-0.25, -0.2) is 29.9 Å². The van der Waals surface area contributed by atoms with Gasteiger partial charge in [0.25, 0.3) is 0 Å². The van der Waals surface area contributed by atoms with Gasteiger partial charge in [0.05, 0.1) is 39.7 Å². The fourth-order valence-electron chi connectivity index (χ4n) is 5.01. The van der Waals surface area contributed by atoms with Crippen LogP contribution in [0.15, 0.2) is 33.3 Å². The van der Waals surface area contributed by atoms with Crippen molar-refractivity contribution in [3.63, 3.8) is 0 Å². The molecule has 2 aromatic heterocycles. The van der Waals surface area contributed by atoms with E-state index in [9.17, 15) is 71.1 Å². The summed E-state index contributed by atoms with van der Waals surface area (Å²) >= 11 is 0. The molecule has 2 aliphatic heterocycles. The summed E-state index contributed by atoms with van der Waals surface area (Å²) in [6.45, 7) is 1.14. The number of hydrogen-bond donors (Lipinski definition) is 0. The Morgan fingerprint density at radius 3 is 1.33 bits per heavy atom. The molecule has 2 aliphatic rings. The molecule has 0 N–H and O–H groups in total. The quantitative estimate of drug-likeness (QED) is 0.216. The third-order valence-electron chi connectivity index (χ3n) is 6.90. The molecule has 5 rings (SSSR count). The molecule has 0 saturated carbocycles. The average Bonchev–Trinajstić information content (AvgIpc) is 3.63. The van der Waals surface area contributed by atoms with Crippen LogP contribution in [0.1, 0.15) is 56.7 Å². The van der Waals surface area contributed by atoms with Crippen LogP contribution in [-0.4, -0.2) is 31.4 Å². The van der Waals surface area contributed by atoms with Gasteiger partial charge in [-0.15, -0.1) is 0 Å². The number of alkyl halides is 9. The molecular formula is C30H5F9N12. The molecule has 0 fully saturated rings. The predicted octanol–water partition coefficient (Wildman–Crippen LogP) is 6.25. The summed E-state index contributed by atoms with van der Waals surface area (Å²) in [5.41, 5.74) is -13.7. The highest BCUT2D eigenvalue weighted by Crippen LogP contribution is 2.53. The first-order valence-corrected chi connectivity index (χ1v) is 13.1. The van der Waals surface area contributed by atoms with Gasteiger partial charge in [0.1, 0.15) is 58.8 Å². The van der Waals surface area contributed by atoms with Crippen molar-refractivity contribution in [3.8, 4) is 36.4 Å². The van der Waals surface area contributed by atoms with Gasteiger partial charge in [0, 0.05) is 28.0 Å². The van der Waals surface area contributed by atoms with E-state index in [0.29, 0.717) is 0 Å². The number of aliphatic imine (C=N–C) groups is 2. The van der Waals surface area contributed by atoms with E-state index in [4.69, 9.17) is 0 Å². The SMILES string of the molecule is Cc1cc(C2=Nc3c(C#N)c4c(c(C#N)c3C2=C(C#N)C#N)C(=C(C#N)C#N)C(c2cc(C(F)(F)F)nc(C(F)(F)F)n2)=N4)nc(C(F)(F)F)n1. The van der Waals surface area contributed by atoms with E-state index < -0.39 is 115 Å². The van der Waals surface area contributed by atoms with Crippen molar-refractivity contribution >= 4 is 33.9 Å². The number of nitriles is 6. The van der Waals surface area contributed by atoms with Crippen molar-refractivity contribution in [1.29, 1.82) is 31.6 Å². The second-order valence-electron chi connectivity index (χ2n) is 9.96. The van der Waals surface area contributed by atoms with Crippen molar-refractivity contribution in [3.05, 3.63) is 80.0 Å². The van der Waals surface area contributed by atoms with Crippen LogP contribution in [0.3, 0.4) is 0 Å². The molecule has 0 amide bonds. The molecule has 0 saturated heterocycles. The van der Waals surface area contributed by atoms with E-state index in [-0.39, 0.29) is 11.8 Å². The fourth-order valence-corrected chi connectivity index (χ4v) is 5.01. The number of allylic oxidation sites excluding steroid dienone is 4. The Balaban J connectivity index is 1.97. The highest BCUT2D eigenvalue weighted by atomic mass is 19.4. The van der Waals surface area contributed by atoms with Gasteiger partial charge >= 0.3 is 18.5 Å². The maximum atomic E-state index is 13.7. The minimum absolute atomic E-state index is 0.0127. The first-order valence-electron chi connectivity index (χ1n) is 13.1. The predicted molar refractivity (Wildman–Crippen MR) is 148 cm³/mol. The van der Waals surface area contributed by atoms with Gasteiger partial charge in [0.15, 0.2) is 0 Å². The number of fused-ring (bicyclic) bond motifs is 2. The molecule has 0 aliphatic carbocycles. The van der Waals surface area contributed by atoms with E-state index in [2.05, 4.69) is 29.9 Å². The topological polar surface area (TPSA) is 219 Å². The molecule has 0 radical (unpaired) electrons. The van der Waals surface area contributed by atoms with E-state index >= 15 is 0 Å². The summed E-state index contributed by atoms with van der Waals surface area (Å²) in [5, 5.41) is 59.9. The van der Waals surface area contributed by atoms with Crippen LogP contribution in [0, 0.1) is 74.9 Å². The number of benzene rings is 1. The highest BCUT2D eigenvalue weighted by molar-refractivity contribution is 6.41. The number of halogens is 9. The molecule has 12 nitrogen and oxygen atoms in total. The molecule has 4 heterocycles. The average molecular weight is 704 g/mol. The first kappa shape index (κ1) is 34.8. The lowest BCUT2D eigenvalue weighted by Crippen LogP contribution is -2.20. The van der Waals surface area contributed by atoms with Crippen LogP contribution in [0.2, 0.25) is 0 Å². The van der Waals surface area contributed by atoms with Gasteiger partial charge < -0.3 is 0 Å². The van der Waals surface area contributed by atoms with Crippen LogP contribution in [-0.2, 0) is 18.5 Å². The molecular weight excluding hydrogens is 699 g/mol. The number of aromatic nitrogens is 4. The van der Waals surface area contributed by atoms with Crippen molar-refractivity contribution in [1.82, 2.24) is 19.9 Å². The van der Waals surface area contributed by atoms with Gasteiger partial charge in [-0.3, -0.25) is 0 Å². The minimum atomic E-state index is -5.57. The molecule has 0 spiro atoms. The number of rotatable bonds is 2. The molecule has 0 unspecified atom stereocenters. The monoisotopic (exact) mass is 704 g/mol. The van der Waals surface area contributed by atoms with Gasteiger partial charge in [-0.05, 0) is 19.1 Å². The molecule has 1 aromatic carbocycles. The second-order valence-corrected chi connectivity index (χ2v) is 9.96. The molecule has 0 atom stereocenters. The Labute approximate surface area is 277 Å². The molecule has 51 heavy (non-hydrogen) atoms. The number of hydrogen-bond acceptors (Lipinski definition) is 12. The smallest absolute Gasteiger partial charge is 0.244 e. The van der Waals surface area contributed by atoms with Crippen LogP contribution in [0.5, 0.6) is 0 Å². The molecule has 3 aromatic rings. The van der Waals surface area contributed by atoms with Gasteiger partial charge in [0.2, 0.25) is 11.6 Å². The van der Waals surface area contributed by atoms with Crippen molar-refractivity contribution in [2.24, 2.45) is 9.98 Å². The number of aryl methyl sites for hydroxylation is 1. The molecule has 21 heteroatoms. The maximum Gasteiger partial charge on any atom is 0.451 e. The van der Waals surface area contributed by atoms with Crippen LogP contribution < -0.4 is 0 Å². The zero-order chi connectivity index (χ0) is 37.8. The maximum absolute atomic E-state index is 13.7. The second kappa shape index (κ2) is 11.9. The first-order chi connectivity index (χ1) is 23.8. The molecule has 0 bridgehead atoms. The number of nitrogens with zero attached hydrogens (tertiary/aromatic N) is 12. The van der Waals surface area contributed by atoms with Crippen LogP contribution in [0.4, 0.5) is 50.9 Å². The summed E-state index contributed by atoms with van der Waals surface area (Å²) in [4.78, 5) is 20.4. The summed E-state index contributed by atoms with van der Waals surface area (Å²) < 4.78 is 123. The van der Waals surface area contributed by atoms with E-state index in [0.717, 1.165) is 13.0 Å². The van der Waals surface area contributed by atoms with E-state index in [1.807, 2.05) is 0 Å². The zero-order valence-electron chi connectivity index (χ0n) is 24.4. The van der Waals surface area contributed by atoms with E-state index in [1.165, 1.54) is 24.3 Å². The summed E-state index contributed by atoms with van der Waals surface area (Å²) in [6, 6.07) is 9.99. The Bertz CT molecular complexity index is 2450. The Morgan fingerprint density at radius 1 is 0.549 bits per heavy atom. The standard InChI is InChI=1S/C30H5F9N12/c1-10-2-15(47-26(46-10)29(34,35)36)24-18(11(4-40)5-41)20-13(8-44)21-19(12(6-42)7-43)25(51-23(21)14(9-45)22(20)50-24)16-3-17(28(31,32)33)49-27(48-16)30(37,38)39/h2-3H,1H3. The summed E-state index contributed by atoms with van der Waals surface area (Å²) in [6.07, 6.45) is -16.2. The zero-order valence-corrected chi connectivity index (χ0v) is 24.4. The Hall–Kier alpha value is -7.49. The lowest BCUT2D eigenvalue weighted by Gasteiger charge is -2.14. The third kappa shape index (κ3) is 5.71.